The van der Waals surface area contributed by atoms with Crippen molar-refractivity contribution in [1.29, 1.82) is 0 Å². The summed E-state index contributed by atoms with van der Waals surface area (Å²) in [5.41, 5.74) is 2.63. The second kappa shape index (κ2) is 6.30. The quantitative estimate of drug-likeness (QED) is 0.636. The van der Waals surface area contributed by atoms with Gasteiger partial charge in [-0.15, -0.1) is 0 Å². The lowest BCUT2D eigenvalue weighted by molar-refractivity contribution is 0.394. The largest absolute Gasteiger partial charge is 0.388 e. The van der Waals surface area contributed by atoms with Gasteiger partial charge >= 0.3 is 0 Å². The predicted molar refractivity (Wildman–Crippen MR) is 68.8 cm³/mol. The van der Waals surface area contributed by atoms with Gasteiger partial charge < -0.3 is 20.4 Å². The molecule has 0 spiro atoms. The molecule has 0 aromatic heterocycles. The molecule has 4 nitrogen and oxygen atoms in total. The predicted octanol–water partition coefficient (Wildman–Crippen LogP) is 0.765. The van der Waals surface area contributed by atoms with E-state index in [1.165, 1.54) is 11.4 Å². The number of rotatable bonds is 0. The summed E-state index contributed by atoms with van der Waals surface area (Å²) >= 11 is 0. The molecule has 16 heavy (non-hydrogen) atoms. The number of nitrogens with zero attached hydrogens (tertiary/aromatic N) is 2. The summed E-state index contributed by atoms with van der Waals surface area (Å²) in [7, 11) is 4.21. The molecule has 0 unspecified atom stereocenters. The first-order valence-corrected chi connectivity index (χ1v) is 5.84. The summed E-state index contributed by atoms with van der Waals surface area (Å²) in [6.45, 7) is 8.62. The molecule has 0 fully saturated rings. The van der Waals surface area contributed by atoms with Gasteiger partial charge in [0.25, 0.3) is 0 Å². The minimum Gasteiger partial charge on any atom is -0.388 e. The van der Waals surface area contributed by atoms with E-state index in [2.05, 4.69) is 48.4 Å². The summed E-state index contributed by atoms with van der Waals surface area (Å²) in [6.07, 6.45) is 4.09. The Balaban J connectivity index is 0.000000160. The zero-order valence-corrected chi connectivity index (χ0v) is 10.9. The van der Waals surface area contributed by atoms with Gasteiger partial charge in [0.1, 0.15) is 0 Å². The second-order valence-corrected chi connectivity index (χ2v) is 4.32. The average molecular weight is 224 g/mol. The highest BCUT2D eigenvalue weighted by molar-refractivity contribution is 4.98. The zero-order valence-electron chi connectivity index (χ0n) is 10.9. The Morgan fingerprint density at radius 3 is 1.44 bits per heavy atom. The van der Waals surface area contributed by atoms with E-state index in [1.54, 1.807) is 0 Å². The molecule has 2 heterocycles. The molecule has 2 aliphatic rings. The molecule has 4 heteroatoms. The van der Waals surface area contributed by atoms with Crippen LogP contribution in [0.15, 0.2) is 23.8 Å². The van der Waals surface area contributed by atoms with Crippen LogP contribution >= 0.6 is 0 Å². The summed E-state index contributed by atoms with van der Waals surface area (Å²) in [5.74, 6) is 0. The summed E-state index contributed by atoms with van der Waals surface area (Å²) < 4.78 is 0. The van der Waals surface area contributed by atoms with E-state index >= 15 is 0 Å². The highest BCUT2D eigenvalue weighted by atomic mass is 15.2. The van der Waals surface area contributed by atoms with Gasteiger partial charge in [-0.05, 0) is 13.8 Å². The molecule has 0 bridgehead atoms. The minimum atomic E-state index is 1.08. The maximum absolute atomic E-state index is 3.16. The van der Waals surface area contributed by atoms with Crippen molar-refractivity contribution in [2.24, 2.45) is 0 Å². The van der Waals surface area contributed by atoms with Crippen molar-refractivity contribution in [1.82, 2.24) is 20.4 Å². The molecule has 0 aromatic carbocycles. The number of likely N-dealkylation sites (N-methyl/N-ethyl adjacent to an activating group) is 2. The molecule has 2 N–H and O–H groups in total. The number of allylic oxidation sites excluding steroid dienone is 2. The Hall–Kier alpha value is -1.32. The first kappa shape index (κ1) is 12.7. The standard InChI is InChI=1S/2C6H12N2/c2*1-6-5-7-3-4-8(6)2/h2*5,7H,3-4H2,1-2H3. The van der Waals surface area contributed by atoms with Crippen molar-refractivity contribution in [2.75, 3.05) is 40.3 Å². The van der Waals surface area contributed by atoms with Crippen LogP contribution in [0, 0.1) is 0 Å². The molecule has 0 aliphatic carbocycles. The van der Waals surface area contributed by atoms with Gasteiger partial charge in [0.05, 0.1) is 0 Å². The van der Waals surface area contributed by atoms with E-state index in [1.807, 2.05) is 12.4 Å². The van der Waals surface area contributed by atoms with Crippen molar-refractivity contribution >= 4 is 0 Å². The van der Waals surface area contributed by atoms with Gasteiger partial charge in [-0.2, -0.15) is 0 Å². The van der Waals surface area contributed by atoms with Crippen molar-refractivity contribution in [2.45, 2.75) is 13.8 Å². The lowest BCUT2D eigenvalue weighted by atomic mass is 10.4. The van der Waals surface area contributed by atoms with Gasteiger partial charge in [-0.25, -0.2) is 0 Å². The molecule has 92 valence electrons. The van der Waals surface area contributed by atoms with Crippen molar-refractivity contribution in [3.05, 3.63) is 23.8 Å². The van der Waals surface area contributed by atoms with Crippen molar-refractivity contribution in [3.8, 4) is 0 Å². The molecule has 0 aromatic rings. The van der Waals surface area contributed by atoms with Crippen LogP contribution in [0.25, 0.3) is 0 Å². The van der Waals surface area contributed by atoms with E-state index in [0.717, 1.165) is 26.2 Å². The topological polar surface area (TPSA) is 30.5 Å². The first-order chi connectivity index (χ1) is 7.61. The molecule has 2 aliphatic heterocycles. The molecular formula is C12H24N4. The molecule has 0 amide bonds. The van der Waals surface area contributed by atoms with Crippen LogP contribution in [0.4, 0.5) is 0 Å². The monoisotopic (exact) mass is 224 g/mol. The van der Waals surface area contributed by atoms with E-state index in [9.17, 15) is 0 Å². The fourth-order valence-corrected chi connectivity index (χ4v) is 1.48. The fraction of sp³-hybridized carbons (Fsp3) is 0.667. The number of nitrogens with one attached hydrogen (secondary N) is 2. The van der Waals surface area contributed by atoms with Crippen LogP contribution in [0.5, 0.6) is 0 Å². The first-order valence-electron chi connectivity index (χ1n) is 5.84. The smallest absolute Gasteiger partial charge is 0.0345 e. The Labute approximate surface area is 99.0 Å². The number of hydrogen-bond acceptors (Lipinski definition) is 4. The van der Waals surface area contributed by atoms with Crippen LogP contribution in [0.3, 0.4) is 0 Å². The Bertz CT molecular complexity index is 242. The Morgan fingerprint density at radius 2 is 1.25 bits per heavy atom. The van der Waals surface area contributed by atoms with Gasteiger partial charge in [-0.3, -0.25) is 0 Å². The van der Waals surface area contributed by atoms with Gasteiger partial charge in [0.15, 0.2) is 0 Å². The number of hydrogen-bond donors (Lipinski definition) is 2. The highest BCUT2D eigenvalue weighted by Gasteiger charge is 2.01. The lowest BCUT2D eigenvalue weighted by Crippen LogP contribution is -2.31. The minimum absolute atomic E-state index is 1.08. The maximum atomic E-state index is 3.16. The fourth-order valence-electron chi connectivity index (χ4n) is 1.48. The highest BCUT2D eigenvalue weighted by Crippen LogP contribution is 2.00. The summed E-state index contributed by atoms with van der Waals surface area (Å²) in [6, 6.07) is 0. The Kier molecular flexibility index (Phi) is 5.02. The van der Waals surface area contributed by atoms with Crippen LogP contribution in [0.1, 0.15) is 13.8 Å². The Morgan fingerprint density at radius 1 is 0.875 bits per heavy atom. The molecule has 0 atom stereocenters. The average Bonchev–Trinajstić information content (AvgIpc) is 2.28. The molecule has 0 saturated carbocycles. The van der Waals surface area contributed by atoms with Crippen molar-refractivity contribution in [3.63, 3.8) is 0 Å². The summed E-state index contributed by atoms with van der Waals surface area (Å²) in [4.78, 5) is 4.47. The van der Waals surface area contributed by atoms with E-state index in [0.29, 0.717) is 0 Å². The van der Waals surface area contributed by atoms with Gasteiger partial charge in [0, 0.05) is 64.1 Å². The van der Waals surface area contributed by atoms with E-state index in [4.69, 9.17) is 0 Å². The molecule has 0 radical (unpaired) electrons. The van der Waals surface area contributed by atoms with E-state index < -0.39 is 0 Å². The normalized spacial score (nSPS) is 19.8. The third-order valence-corrected chi connectivity index (χ3v) is 3.01. The van der Waals surface area contributed by atoms with Gasteiger partial charge in [-0.1, -0.05) is 0 Å². The van der Waals surface area contributed by atoms with Crippen LogP contribution in [-0.4, -0.2) is 50.1 Å². The second-order valence-electron chi connectivity index (χ2n) is 4.32. The van der Waals surface area contributed by atoms with E-state index in [-0.39, 0.29) is 0 Å². The van der Waals surface area contributed by atoms with Crippen LogP contribution in [-0.2, 0) is 0 Å². The zero-order chi connectivity index (χ0) is 12.0. The third-order valence-electron chi connectivity index (χ3n) is 3.01. The molecule has 0 saturated heterocycles. The summed E-state index contributed by atoms with van der Waals surface area (Å²) in [5, 5.41) is 6.32. The third kappa shape index (κ3) is 4.04. The molecule has 2 rings (SSSR count). The van der Waals surface area contributed by atoms with Crippen molar-refractivity contribution < 1.29 is 0 Å². The SMILES string of the molecule is CC1=CNCCN1C.CC1=CNCCN1C. The van der Waals surface area contributed by atoms with Gasteiger partial charge in [0.2, 0.25) is 0 Å². The lowest BCUT2D eigenvalue weighted by Gasteiger charge is -2.24. The van der Waals surface area contributed by atoms with Crippen LogP contribution in [0.2, 0.25) is 0 Å². The maximum Gasteiger partial charge on any atom is 0.0345 e. The molecular weight excluding hydrogens is 200 g/mol. The van der Waals surface area contributed by atoms with Crippen LogP contribution < -0.4 is 10.6 Å².